The molecule has 164 valence electrons. The van der Waals surface area contributed by atoms with E-state index >= 15 is 0 Å². The van der Waals surface area contributed by atoms with Crippen molar-refractivity contribution in [3.63, 3.8) is 0 Å². The first-order valence-corrected chi connectivity index (χ1v) is 11.4. The van der Waals surface area contributed by atoms with Gasteiger partial charge in [0.1, 0.15) is 17.8 Å². The summed E-state index contributed by atoms with van der Waals surface area (Å²) in [6, 6.07) is 8.72. The smallest absolute Gasteiger partial charge is 0.143 e. The van der Waals surface area contributed by atoms with Gasteiger partial charge in [-0.05, 0) is 62.9 Å². The van der Waals surface area contributed by atoms with E-state index in [-0.39, 0.29) is 0 Å². The van der Waals surface area contributed by atoms with Crippen molar-refractivity contribution in [2.24, 2.45) is 0 Å². The van der Waals surface area contributed by atoms with Crippen molar-refractivity contribution in [3.05, 3.63) is 59.7 Å². The highest BCUT2D eigenvalue weighted by atomic mass is 15.2. The molecule has 0 saturated carbocycles. The molecule has 31 heavy (non-hydrogen) atoms. The summed E-state index contributed by atoms with van der Waals surface area (Å²) in [7, 11) is 4.40. The maximum Gasteiger partial charge on any atom is 0.143 e. The second kappa shape index (κ2) is 9.96. The molecule has 3 heterocycles. The molecule has 4 rings (SSSR count). The molecule has 2 aromatic heterocycles. The molecular weight excluding hydrogens is 384 g/mol. The van der Waals surface area contributed by atoms with Gasteiger partial charge in [-0.1, -0.05) is 24.6 Å². The minimum Gasteiger partial charge on any atom is -0.377 e. The van der Waals surface area contributed by atoms with Crippen molar-refractivity contribution in [2.45, 2.75) is 45.6 Å². The van der Waals surface area contributed by atoms with Crippen LogP contribution in [0, 0.1) is 0 Å². The minimum atomic E-state index is 0.848. The molecule has 0 spiro atoms. The summed E-state index contributed by atoms with van der Waals surface area (Å²) >= 11 is 0. The van der Waals surface area contributed by atoms with E-state index in [0.29, 0.717) is 0 Å². The lowest BCUT2D eigenvalue weighted by atomic mass is 10.0. The molecule has 2 bridgehead atoms. The number of likely N-dealkylation sites (N-methyl/N-ethyl adjacent to an activating group) is 2. The summed E-state index contributed by atoms with van der Waals surface area (Å²) < 4.78 is 0. The standard InChI is InChI=1S/C25H34N6/c1-4-22-12-7-5-6-9-19-10-8-11-21(15-19)29-25-23-20(16-26-24(23)27-18-28-25)17-30(2)13-14-31(22)3/h4,8,10-11,15-16,18H,5-7,9,12-14,17H2,1-3H3,(H2,26,27,28,29). The number of aryl methyl sites for hydroxylation is 1. The number of rotatable bonds is 0. The molecule has 0 amide bonds. The molecule has 0 unspecified atom stereocenters. The molecule has 1 aliphatic heterocycles. The van der Waals surface area contributed by atoms with Crippen molar-refractivity contribution in [1.82, 2.24) is 24.8 Å². The number of fused-ring (bicyclic) bond motifs is 2. The van der Waals surface area contributed by atoms with Crippen molar-refractivity contribution in [1.29, 1.82) is 0 Å². The first kappa shape index (κ1) is 21.4. The first-order valence-electron chi connectivity index (χ1n) is 11.4. The number of nitrogens with one attached hydrogen (secondary N) is 2. The van der Waals surface area contributed by atoms with E-state index in [1.807, 2.05) is 0 Å². The van der Waals surface area contributed by atoms with Crippen LogP contribution in [0.5, 0.6) is 0 Å². The summed E-state index contributed by atoms with van der Waals surface area (Å²) in [4.78, 5) is 17.1. The third kappa shape index (κ3) is 5.25. The third-order valence-electron chi connectivity index (χ3n) is 6.22. The summed E-state index contributed by atoms with van der Waals surface area (Å²) in [6.45, 7) is 5.03. The predicted octanol–water partition coefficient (Wildman–Crippen LogP) is 5.09. The summed E-state index contributed by atoms with van der Waals surface area (Å²) in [6.07, 6.45) is 11.9. The number of allylic oxidation sites excluding steroid dienone is 2. The van der Waals surface area contributed by atoms with Crippen LogP contribution in [0.2, 0.25) is 0 Å². The second-order valence-electron chi connectivity index (χ2n) is 8.59. The van der Waals surface area contributed by atoms with Gasteiger partial charge in [0.25, 0.3) is 0 Å². The first-order chi connectivity index (χ1) is 15.1. The number of anilines is 2. The average Bonchev–Trinajstić information content (AvgIpc) is 3.18. The minimum absolute atomic E-state index is 0.848. The van der Waals surface area contributed by atoms with Crippen LogP contribution in [0.1, 0.15) is 43.7 Å². The van der Waals surface area contributed by atoms with Crippen molar-refractivity contribution in [2.75, 3.05) is 32.5 Å². The fraction of sp³-hybridized carbons (Fsp3) is 0.440. The van der Waals surface area contributed by atoms with Crippen molar-refractivity contribution >= 4 is 22.5 Å². The zero-order valence-corrected chi connectivity index (χ0v) is 19.0. The lowest BCUT2D eigenvalue weighted by Crippen LogP contribution is -2.30. The van der Waals surface area contributed by atoms with Crippen LogP contribution < -0.4 is 5.32 Å². The third-order valence-corrected chi connectivity index (χ3v) is 6.22. The van der Waals surface area contributed by atoms with Crippen LogP contribution in [0.4, 0.5) is 11.5 Å². The van der Waals surface area contributed by atoms with E-state index < -0.39 is 0 Å². The normalized spacial score (nSPS) is 18.5. The Kier molecular flexibility index (Phi) is 6.87. The molecule has 2 N–H and O–H groups in total. The fourth-order valence-electron chi connectivity index (χ4n) is 4.39. The number of nitrogens with zero attached hydrogens (tertiary/aromatic N) is 4. The molecule has 0 radical (unpaired) electrons. The topological polar surface area (TPSA) is 60.1 Å². The summed E-state index contributed by atoms with van der Waals surface area (Å²) in [5.41, 5.74) is 5.99. The van der Waals surface area contributed by atoms with E-state index in [0.717, 1.165) is 55.0 Å². The van der Waals surface area contributed by atoms with Crippen LogP contribution in [0.3, 0.4) is 0 Å². The van der Waals surface area contributed by atoms with E-state index in [9.17, 15) is 0 Å². The van der Waals surface area contributed by atoms with Crippen LogP contribution >= 0.6 is 0 Å². The fourth-order valence-corrected chi connectivity index (χ4v) is 4.39. The van der Waals surface area contributed by atoms with Gasteiger partial charge in [-0.15, -0.1) is 0 Å². The van der Waals surface area contributed by atoms with Crippen molar-refractivity contribution < 1.29 is 0 Å². The van der Waals surface area contributed by atoms with Crippen LogP contribution in [-0.2, 0) is 13.0 Å². The Labute approximate surface area is 185 Å². The lowest BCUT2D eigenvalue weighted by molar-refractivity contribution is 0.276. The predicted molar refractivity (Wildman–Crippen MR) is 129 cm³/mol. The Morgan fingerprint density at radius 2 is 1.90 bits per heavy atom. The van der Waals surface area contributed by atoms with Gasteiger partial charge in [0.2, 0.25) is 0 Å². The molecule has 0 fully saturated rings. The number of benzene rings is 1. The van der Waals surface area contributed by atoms with E-state index in [1.165, 1.54) is 36.1 Å². The summed E-state index contributed by atoms with van der Waals surface area (Å²) in [5, 5.41) is 4.62. The van der Waals surface area contributed by atoms with Gasteiger partial charge >= 0.3 is 0 Å². The van der Waals surface area contributed by atoms with Gasteiger partial charge in [0, 0.05) is 44.3 Å². The van der Waals surface area contributed by atoms with Gasteiger partial charge in [-0.3, -0.25) is 0 Å². The van der Waals surface area contributed by atoms with Crippen LogP contribution in [0.15, 0.2) is 48.6 Å². The number of aromatic amines is 1. The molecule has 0 saturated heterocycles. The maximum absolute atomic E-state index is 4.58. The van der Waals surface area contributed by atoms with Crippen molar-refractivity contribution in [3.8, 4) is 0 Å². The Morgan fingerprint density at radius 1 is 1.03 bits per heavy atom. The molecular formula is C25H34N6. The van der Waals surface area contributed by atoms with Gasteiger partial charge in [0.15, 0.2) is 0 Å². The van der Waals surface area contributed by atoms with Crippen LogP contribution in [0.25, 0.3) is 11.0 Å². The SMILES string of the molecule is CC=C1CCCCCc2cccc(c2)Nc2ncnc3[nH]cc(c23)CN(C)CCN1C. The van der Waals surface area contributed by atoms with Gasteiger partial charge < -0.3 is 20.1 Å². The molecule has 6 heteroatoms. The Bertz CT molecular complexity index is 1040. The van der Waals surface area contributed by atoms with E-state index in [1.54, 1.807) is 6.33 Å². The van der Waals surface area contributed by atoms with Gasteiger partial charge in [-0.2, -0.15) is 0 Å². The molecule has 1 aliphatic rings. The highest BCUT2D eigenvalue weighted by Crippen LogP contribution is 2.27. The maximum atomic E-state index is 4.58. The van der Waals surface area contributed by atoms with Gasteiger partial charge in [-0.25, -0.2) is 9.97 Å². The molecule has 1 aromatic carbocycles. The van der Waals surface area contributed by atoms with E-state index in [4.69, 9.17) is 0 Å². The highest BCUT2D eigenvalue weighted by Gasteiger charge is 2.14. The zero-order chi connectivity index (χ0) is 21.6. The number of hydrogen-bond acceptors (Lipinski definition) is 5. The summed E-state index contributed by atoms with van der Waals surface area (Å²) in [5.74, 6) is 0.862. The zero-order valence-electron chi connectivity index (χ0n) is 19.0. The second-order valence-corrected chi connectivity index (χ2v) is 8.59. The number of aromatic nitrogens is 3. The Balaban J connectivity index is 1.64. The average molecular weight is 419 g/mol. The molecule has 0 aliphatic carbocycles. The number of hydrogen-bond donors (Lipinski definition) is 2. The van der Waals surface area contributed by atoms with Gasteiger partial charge in [0.05, 0.1) is 5.39 Å². The monoisotopic (exact) mass is 418 g/mol. The molecule has 6 nitrogen and oxygen atoms in total. The molecule has 3 aromatic rings. The highest BCUT2D eigenvalue weighted by molar-refractivity contribution is 5.92. The largest absolute Gasteiger partial charge is 0.377 e. The number of H-pyrrole nitrogens is 1. The quantitative estimate of drug-likeness (QED) is 0.533. The Hall–Kier alpha value is -2.86. The van der Waals surface area contributed by atoms with E-state index in [2.05, 4.69) is 87.6 Å². The van der Waals surface area contributed by atoms with Crippen LogP contribution in [-0.4, -0.2) is 51.9 Å². The lowest BCUT2D eigenvalue weighted by Gasteiger charge is -2.26. The molecule has 0 atom stereocenters. The Morgan fingerprint density at radius 3 is 2.77 bits per heavy atom.